The van der Waals surface area contributed by atoms with E-state index in [1.165, 1.54) is 5.56 Å². The van der Waals surface area contributed by atoms with Gasteiger partial charge in [0.05, 0.1) is 5.38 Å². The van der Waals surface area contributed by atoms with E-state index in [0.29, 0.717) is 25.2 Å². The Morgan fingerprint density at radius 2 is 1.61 bits per heavy atom. The van der Waals surface area contributed by atoms with Crippen LogP contribution in [0.5, 0.6) is 0 Å². The minimum atomic E-state index is -2.56. The Bertz CT molecular complexity index is 315. The molecule has 0 fully saturated rings. The topological polar surface area (TPSA) is 27.7 Å². The Kier molecular flexibility index (Phi) is 7.61. The minimum absolute atomic E-state index is 0.517. The van der Waals surface area contributed by atoms with Crippen LogP contribution in [0, 0.1) is 0 Å². The molecule has 1 rings (SSSR count). The third-order valence-electron chi connectivity index (χ3n) is 2.48. The first kappa shape index (κ1) is 15.7. The molecule has 0 spiro atoms. The molecule has 0 radical (unpaired) electrons. The molecule has 0 aliphatic rings. The number of hydrogen-bond acceptors (Lipinski definition) is 4. The summed E-state index contributed by atoms with van der Waals surface area (Å²) in [7, 11) is -2.56. The van der Waals surface area contributed by atoms with E-state index < -0.39 is 8.80 Å². The first-order valence-electron chi connectivity index (χ1n) is 6.33. The van der Waals surface area contributed by atoms with Crippen LogP contribution in [0.3, 0.4) is 0 Å². The Labute approximate surface area is 116 Å². The normalized spacial score (nSPS) is 11.7. The molecule has 0 aliphatic heterocycles. The largest absolute Gasteiger partial charge is 0.511 e. The van der Waals surface area contributed by atoms with E-state index in [2.05, 4.69) is 24.8 Å². The average molecular weight is 286 g/mol. The summed E-state index contributed by atoms with van der Waals surface area (Å²) < 4.78 is 17.2. The van der Waals surface area contributed by atoms with Crippen LogP contribution in [0.2, 0.25) is 0 Å². The molecule has 0 saturated heterocycles. The Morgan fingerprint density at radius 3 is 2.11 bits per heavy atom. The monoisotopic (exact) mass is 286 g/mol. The van der Waals surface area contributed by atoms with Gasteiger partial charge in [-0.1, -0.05) is 30.3 Å². The van der Waals surface area contributed by atoms with Gasteiger partial charge in [0.15, 0.2) is 0 Å². The van der Waals surface area contributed by atoms with E-state index in [-0.39, 0.29) is 0 Å². The number of benzene rings is 1. The van der Waals surface area contributed by atoms with Crippen LogP contribution in [-0.4, -0.2) is 34.0 Å². The van der Waals surface area contributed by atoms with Crippen molar-refractivity contribution in [2.75, 3.05) is 25.2 Å². The molecule has 0 aliphatic carbocycles. The van der Waals surface area contributed by atoms with Crippen molar-refractivity contribution in [2.24, 2.45) is 0 Å². The molecule has 0 bridgehead atoms. The number of thiol groups is 1. The molecular weight excluding hydrogens is 264 g/mol. The standard InChI is InChI=1S/C13H22O3SSi/c1-3-14-18(12-17,15-4-2)16-11-10-13-8-6-5-7-9-13/h5-9,17H,3-4,10-12H2,1-2H3. The molecule has 0 heterocycles. The smallest absolute Gasteiger partial charge is 0.373 e. The summed E-state index contributed by atoms with van der Waals surface area (Å²) in [5.41, 5.74) is 1.26. The third kappa shape index (κ3) is 5.12. The van der Waals surface area contributed by atoms with Crippen molar-refractivity contribution in [3.05, 3.63) is 35.9 Å². The second-order valence-electron chi connectivity index (χ2n) is 3.79. The molecule has 0 unspecified atom stereocenters. The molecule has 3 nitrogen and oxygen atoms in total. The van der Waals surface area contributed by atoms with Crippen LogP contribution in [-0.2, 0) is 19.7 Å². The van der Waals surface area contributed by atoms with E-state index >= 15 is 0 Å². The number of rotatable bonds is 9. The molecule has 0 saturated carbocycles. The van der Waals surface area contributed by atoms with Crippen molar-refractivity contribution in [3.8, 4) is 0 Å². The van der Waals surface area contributed by atoms with Crippen LogP contribution in [0.25, 0.3) is 0 Å². The SMILES string of the molecule is CCO[Si](CS)(OCC)OCCc1ccccc1. The summed E-state index contributed by atoms with van der Waals surface area (Å²) in [5.74, 6) is 0. The van der Waals surface area contributed by atoms with Crippen molar-refractivity contribution in [1.29, 1.82) is 0 Å². The lowest BCUT2D eigenvalue weighted by molar-refractivity contribution is 0.0739. The molecule has 0 N–H and O–H groups in total. The van der Waals surface area contributed by atoms with Gasteiger partial charge in [0, 0.05) is 19.8 Å². The Morgan fingerprint density at radius 1 is 1.00 bits per heavy atom. The van der Waals surface area contributed by atoms with Crippen molar-refractivity contribution < 1.29 is 13.3 Å². The maximum Gasteiger partial charge on any atom is 0.511 e. The van der Waals surface area contributed by atoms with Crippen LogP contribution in [0.15, 0.2) is 30.3 Å². The zero-order valence-electron chi connectivity index (χ0n) is 11.1. The van der Waals surface area contributed by atoms with Gasteiger partial charge in [0.25, 0.3) is 0 Å². The quantitative estimate of drug-likeness (QED) is 0.559. The van der Waals surface area contributed by atoms with Gasteiger partial charge in [-0.2, -0.15) is 12.6 Å². The van der Waals surface area contributed by atoms with Gasteiger partial charge >= 0.3 is 8.80 Å². The highest BCUT2D eigenvalue weighted by molar-refractivity contribution is 7.82. The van der Waals surface area contributed by atoms with Gasteiger partial charge in [-0.3, -0.25) is 0 Å². The highest BCUT2D eigenvalue weighted by Crippen LogP contribution is 2.13. The molecule has 0 atom stereocenters. The van der Waals surface area contributed by atoms with Gasteiger partial charge in [-0.05, 0) is 25.8 Å². The van der Waals surface area contributed by atoms with E-state index in [0.717, 1.165) is 6.42 Å². The fraction of sp³-hybridized carbons (Fsp3) is 0.538. The highest BCUT2D eigenvalue weighted by atomic mass is 32.1. The maximum atomic E-state index is 5.88. The van der Waals surface area contributed by atoms with Crippen LogP contribution in [0.4, 0.5) is 0 Å². The Balaban J connectivity index is 2.46. The number of hydrogen-bond donors (Lipinski definition) is 1. The molecule has 5 heteroatoms. The van der Waals surface area contributed by atoms with E-state index in [9.17, 15) is 0 Å². The third-order valence-corrected chi connectivity index (χ3v) is 6.13. The zero-order valence-corrected chi connectivity index (χ0v) is 13.0. The average Bonchev–Trinajstić information content (AvgIpc) is 2.40. The van der Waals surface area contributed by atoms with E-state index in [1.54, 1.807) is 0 Å². The van der Waals surface area contributed by atoms with Gasteiger partial charge in [0.2, 0.25) is 0 Å². The summed E-state index contributed by atoms with van der Waals surface area (Å²) in [5, 5.41) is 0.517. The maximum absolute atomic E-state index is 5.88. The van der Waals surface area contributed by atoms with Gasteiger partial charge in [-0.25, -0.2) is 0 Å². The van der Waals surface area contributed by atoms with Crippen molar-refractivity contribution >= 4 is 21.4 Å². The predicted octanol–water partition coefficient (Wildman–Crippen LogP) is 2.73. The van der Waals surface area contributed by atoms with Gasteiger partial charge < -0.3 is 13.3 Å². The van der Waals surface area contributed by atoms with E-state index in [4.69, 9.17) is 13.3 Å². The zero-order chi connectivity index (χ0) is 13.3. The summed E-state index contributed by atoms with van der Waals surface area (Å²) in [4.78, 5) is 0. The summed E-state index contributed by atoms with van der Waals surface area (Å²) in [6.07, 6.45) is 0.865. The highest BCUT2D eigenvalue weighted by Gasteiger charge is 2.39. The van der Waals surface area contributed by atoms with Crippen LogP contribution >= 0.6 is 12.6 Å². The second-order valence-corrected chi connectivity index (χ2v) is 7.29. The van der Waals surface area contributed by atoms with Crippen molar-refractivity contribution in [2.45, 2.75) is 20.3 Å². The molecule has 1 aromatic carbocycles. The summed E-state index contributed by atoms with van der Waals surface area (Å²) >= 11 is 4.32. The summed E-state index contributed by atoms with van der Waals surface area (Å²) in [6, 6.07) is 10.3. The molecular formula is C13H22O3SSi. The lowest BCUT2D eigenvalue weighted by Gasteiger charge is -2.27. The minimum Gasteiger partial charge on any atom is -0.373 e. The van der Waals surface area contributed by atoms with Crippen molar-refractivity contribution in [1.82, 2.24) is 0 Å². The molecule has 18 heavy (non-hydrogen) atoms. The predicted molar refractivity (Wildman–Crippen MR) is 79.0 cm³/mol. The van der Waals surface area contributed by atoms with Gasteiger partial charge in [0.1, 0.15) is 0 Å². The lowest BCUT2D eigenvalue weighted by atomic mass is 10.2. The first-order chi connectivity index (χ1) is 8.76. The fourth-order valence-corrected chi connectivity index (χ4v) is 4.31. The van der Waals surface area contributed by atoms with Gasteiger partial charge in [-0.15, -0.1) is 0 Å². The fourth-order valence-electron chi connectivity index (χ4n) is 1.67. The van der Waals surface area contributed by atoms with Crippen molar-refractivity contribution in [3.63, 3.8) is 0 Å². The lowest BCUT2D eigenvalue weighted by Crippen LogP contribution is -2.49. The van der Waals surface area contributed by atoms with E-state index in [1.807, 2.05) is 32.0 Å². The second kappa shape index (κ2) is 8.71. The van der Waals surface area contributed by atoms with Crippen LogP contribution < -0.4 is 0 Å². The first-order valence-corrected chi connectivity index (χ1v) is 8.89. The molecule has 0 amide bonds. The molecule has 0 aromatic heterocycles. The van der Waals surface area contributed by atoms with Crippen LogP contribution in [0.1, 0.15) is 19.4 Å². The molecule has 1 aromatic rings. The summed E-state index contributed by atoms with van der Waals surface area (Å²) in [6.45, 7) is 5.70. The Hall–Kier alpha value is -0.333. The molecule has 102 valence electrons.